The lowest BCUT2D eigenvalue weighted by atomic mass is 9.97. The number of hydrogen-bond donors (Lipinski definition) is 2. The molecule has 0 spiro atoms. The number of benzene rings is 5. The molecule has 1 aliphatic rings. The van der Waals surface area contributed by atoms with E-state index < -0.39 is 23.7 Å². The third-order valence-corrected chi connectivity index (χ3v) is 8.42. The maximum Gasteiger partial charge on any atom is 0.416 e. The van der Waals surface area contributed by atoms with Crippen molar-refractivity contribution < 1.29 is 27.6 Å². The molecule has 0 saturated carbocycles. The number of nitrogens with zero attached hydrogens (tertiary/aromatic N) is 1. The molecule has 9 heteroatoms. The summed E-state index contributed by atoms with van der Waals surface area (Å²) in [5.74, 6) is -1.08. The number of nitrogens with one attached hydrogen (secondary N) is 2. The second-order valence-corrected chi connectivity index (χ2v) is 11.7. The third kappa shape index (κ3) is 7.00. The monoisotopic (exact) mass is 647 g/mol. The molecule has 0 aliphatic carbocycles. The zero-order valence-corrected chi connectivity index (χ0v) is 26.1. The zero-order chi connectivity index (χ0) is 33.8. The van der Waals surface area contributed by atoms with Crippen LogP contribution in [0.5, 0.6) is 0 Å². The fourth-order valence-electron chi connectivity index (χ4n) is 5.82. The van der Waals surface area contributed by atoms with E-state index in [1.807, 2.05) is 37.3 Å². The molecular formula is C39H32F3N3O3. The van der Waals surface area contributed by atoms with Gasteiger partial charge in [-0.25, -0.2) is 0 Å². The molecule has 5 aromatic carbocycles. The summed E-state index contributed by atoms with van der Waals surface area (Å²) >= 11 is 0. The summed E-state index contributed by atoms with van der Waals surface area (Å²) in [7, 11) is 0. The van der Waals surface area contributed by atoms with Crippen LogP contribution in [-0.4, -0.2) is 24.3 Å². The normalized spacial score (nSPS) is 13.0. The average Bonchev–Trinajstić information content (AvgIpc) is 3.53. The molecule has 242 valence electrons. The number of fused-ring (bicyclic) bond motifs is 1. The van der Waals surface area contributed by atoms with Crippen molar-refractivity contribution in [2.24, 2.45) is 0 Å². The predicted octanol–water partition coefficient (Wildman–Crippen LogP) is 7.67. The summed E-state index contributed by atoms with van der Waals surface area (Å²) < 4.78 is 39.4. The SMILES string of the molecule is Cc1ccc(CNC(=O)C(NC(=O)c2ccc3c(c2)CCN3C(=O)c2ccccc2-c2ccc(C(F)(F)F)cc2)c2ccccc2)cc1. The molecule has 1 aliphatic heterocycles. The predicted molar refractivity (Wildman–Crippen MR) is 178 cm³/mol. The lowest BCUT2D eigenvalue weighted by Crippen LogP contribution is -2.40. The number of aryl methyl sites for hydroxylation is 1. The largest absolute Gasteiger partial charge is 0.416 e. The highest BCUT2D eigenvalue weighted by atomic mass is 19.4. The molecule has 0 radical (unpaired) electrons. The first-order valence-electron chi connectivity index (χ1n) is 15.5. The Labute approximate surface area is 276 Å². The van der Waals surface area contributed by atoms with Crippen molar-refractivity contribution in [2.45, 2.75) is 32.1 Å². The number of rotatable bonds is 8. The molecule has 0 fully saturated rings. The molecule has 0 aromatic heterocycles. The summed E-state index contributed by atoms with van der Waals surface area (Å²) in [6.07, 6.45) is -3.96. The molecule has 48 heavy (non-hydrogen) atoms. The van der Waals surface area contributed by atoms with Gasteiger partial charge in [-0.2, -0.15) is 13.2 Å². The van der Waals surface area contributed by atoms with Crippen molar-refractivity contribution in [1.82, 2.24) is 10.6 Å². The second-order valence-electron chi connectivity index (χ2n) is 11.7. The maximum atomic E-state index is 13.8. The van der Waals surface area contributed by atoms with Crippen LogP contribution in [-0.2, 0) is 23.9 Å². The minimum Gasteiger partial charge on any atom is -0.350 e. The van der Waals surface area contributed by atoms with Gasteiger partial charge in [0, 0.05) is 29.9 Å². The van der Waals surface area contributed by atoms with Crippen molar-refractivity contribution in [3.8, 4) is 11.1 Å². The average molecular weight is 648 g/mol. The molecule has 0 saturated heterocycles. The van der Waals surface area contributed by atoms with Gasteiger partial charge in [-0.1, -0.05) is 90.5 Å². The van der Waals surface area contributed by atoms with E-state index in [9.17, 15) is 27.6 Å². The summed E-state index contributed by atoms with van der Waals surface area (Å²) in [6, 6.07) is 32.5. The van der Waals surface area contributed by atoms with E-state index in [0.717, 1.165) is 28.8 Å². The summed E-state index contributed by atoms with van der Waals surface area (Å²) in [5, 5.41) is 5.81. The summed E-state index contributed by atoms with van der Waals surface area (Å²) in [6.45, 7) is 2.67. The molecule has 2 N–H and O–H groups in total. The van der Waals surface area contributed by atoms with Gasteiger partial charge >= 0.3 is 6.18 Å². The number of carbonyl (C=O) groups excluding carboxylic acids is 3. The quantitative estimate of drug-likeness (QED) is 0.182. The lowest BCUT2D eigenvalue weighted by molar-refractivity contribution is -0.137. The molecular weight excluding hydrogens is 615 g/mol. The Morgan fingerprint density at radius 2 is 1.50 bits per heavy atom. The second kappa shape index (κ2) is 13.6. The summed E-state index contributed by atoms with van der Waals surface area (Å²) in [5.41, 5.74) is 5.09. The van der Waals surface area contributed by atoms with Gasteiger partial charge in [-0.15, -0.1) is 0 Å². The van der Waals surface area contributed by atoms with E-state index >= 15 is 0 Å². The lowest BCUT2D eigenvalue weighted by Gasteiger charge is -2.21. The Morgan fingerprint density at radius 3 is 2.21 bits per heavy atom. The van der Waals surface area contributed by atoms with Crippen LogP contribution in [0.2, 0.25) is 0 Å². The summed E-state index contributed by atoms with van der Waals surface area (Å²) in [4.78, 5) is 42.3. The zero-order valence-electron chi connectivity index (χ0n) is 26.1. The molecule has 6 rings (SSSR count). The number of carbonyl (C=O) groups is 3. The Bertz CT molecular complexity index is 1960. The smallest absolute Gasteiger partial charge is 0.350 e. The highest BCUT2D eigenvalue weighted by Gasteiger charge is 2.31. The van der Waals surface area contributed by atoms with Crippen LogP contribution in [0.3, 0.4) is 0 Å². The number of halogens is 3. The molecule has 1 unspecified atom stereocenters. The van der Waals surface area contributed by atoms with Gasteiger partial charge in [0.05, 0.1) is 5.56 Å². The van der Waals surface area contributed by atoms with Crippen molar-refractivity contribution in [1.29, 1.82) is 0 Å². The van der Waals surface area contributed by atoms with E-state index in [-0.39, 0.29) is 11.8 Å². The van der Waals surface area contributed by atoms with Crippen molar-refractivity contribution in [3.05, 3.63) is 160 Å². The first-order chi connectivity index (χ1) is 23.1. The molecule has 6 nitrogen and oxygen atoms in total. The van der Waals surface area contributed by atoms with Crippen LogP contribution in [0.25, 0.3) is 11.1 Å². The minimum atomic E-state index is -4.46. The fraction of sp³-hybridized carbons (Fsp3) is 0.154. The molecule has 1 heterocycles. The van der Waals surface area contributed by atoms with Crippen LogP contribution < -0.4 is 15.5 Å². The Morgan fingerprint density at radius 1 is 0.812 bits per heavy atom. The van der Waals surface area contributed by atoms with Crippen molar-refractivity contribution in [2.75, 3.05) is 11.4 Å². The number of amides is 3. The number of anilines is 1. The fourth-order valence-corrected chi connectivity index (χ4v) is 5.82. The Kier molecular flexibility index (Phi) is 9.12. The van der Waals surface area contributed by atoms with Gasteiger partial charge < -0.3 is 15.5 Å². The van der Waals surface area contributed by atoms with Gasteiger partial charge in [0.25, 0.3) is 11.8 Å². The Hall–Kier alpha value is -5.70. The highest BCUT2D eigenvalue weighted by molar-refractivity contribution is 6.11. The third-order valence-electron chi connectivity index (χ3n) is 8.42. The molecule has 1 atom stereocenters. The van der Waals surface area contributed by atoms with E-state index in [4.69, 9.17) is 0 Å². The first-order valence-corrected chi connectivity index (χ1v) is 15.5. The van der Waals surface area contributed by atoms with Gasteiger partial charge in [0.15, 0.2) is 0 Å². The van der Waals surface area contributed by atoms with E-state index in [1.54, 1.807) is 71.6 Å². The maximum absolute atomic E-state index is 13.8. The van der Waals surface area contributed by atoms with Gasteiger partial charge in [0.2, 0.25) is 5.91 Å². The highest BCUT2D eigenvalue weighted by Crippen LogP contribution is 2.35. The minimum absolute atomic E-state index is 0.296. The van der Waals surface area contributed by atoms with Gasteiger partial charge in [-0.3, -0.25) is 14.4 Å². The Balaban J connectivity index is 1.19. The molecule has 0 bridgehead atoms. The number of hydrogen-bond acceptors (Lipinski definition) is 3. The van der Waals surface area contributed by atoms with Crippen LogP contribution in [0.1, 0.15) is 54.6 Å². The van der Waals surface area contributed by atoms with Gasteiger partial charge in [-0.05, 0) is 77.6 Å². The van der Waals surface area contributed by atoms with Crippen molar-refractivity contribution >= 4 is 23.4 Å². The van der Waals surface area contributed by atoms with E-state index in [2.05, 4.69) is 10.6 Å². The van der Waals surface area contributed by atoms with E-state index in [1.165, 1.54) is 12.1 Å². The first kappa shape index (κ1) is 32.2. The van der Waals surface area contributed by atoms with Crippen LogP contribution in [0.4, 0.5) is 18.9 Å². The van der Waals surface area contributed by atoms with Crippen LogP contribution >= 0.6 is 0 Å². The topological polar surface area (TPSA) is 78.5 Å². The molecule has 5 aromatic rings. The van der Waals surface area contributed by atoms with Gasteiger partial charge in [0.1, 0.15) is 6.04 Å². The molecule has 3 amide bonds. The standard InChI is InChI=1S/C39H32F3N3O3/c1-25-11-13-26(14-12-25)24-43-37(47)35(28-7-3-2-4-8-28)44-36(46)30-17-20-34-29(23-30)21-22-45(34)38(48)33-10-6-5-9-32(33)27-15-18-31(19-16-27)39(40,41)42/h2-20,23,35H,21-22,24H2,1H3,(H,43,47)(H,44,46). The van der Waals surface area contributed by atoms with E-state index in [0.29, 0.717) is 53.0 Å². The van der Waals surface area contributed by atoms with Crippen LogP contribution in [0, 0.1) is 6.92 Å². The number of alkyl halides is 3. The van der Waals surface area contributed by atoms with Crippen molar-refractivity contribution in [3.63, 3.8) is 0 Å². The van der Waals surface area contributed by atoms with Crippen LogP contribution in [0.15, 0.2) is 121 Å².